The first kappa shape index (κ1) is 14.7. The Kier molecular flexibility index (Phi) is 3.94. The second-order valence-electron chi connectivity index (χ2n) is 5.11. The second kappa shape index (κ2) is 5.88. The van der Waals surface area contributed by atoms with Crippen molar-refractivity contribution < 1.29 is 9.47 Å². The molecule has 5 nitrogen and oxygen atoms in total. The number of fused-ring (bicyclic) bond motifs is 1. The predicted molar refractivity (Wildman–Crippen MR) is 86.7 cm³/mol. The van der Waals surface area contributed by atoms with Crippen molar-refractivity contribution >= 4 is 22.2 Å². The zero-order valence-corrected chi connectivity index (χ0v) is 13.7. The highest BCUT2D eigenvalue weighted by Crippen LogP contribution is 2.40. The Morgan fingerprint density at radius 3 is 2.59 bits per heavy atom. The maximum Gasteiger partial charge on any atom is 0.228 e. The van der Waals surface area contributed by atoms with Gasteiger partial charge in [0.2, 0.25) is 12.2 Å². The van der Waals surface area contributed by atoms with Crippen LogP contribution in [0, 0.1) is 6.33 Å². The minimum Gasteiger partial charge on any atom is -0.495 e. The van der Waals surface area contributed by atoms with Crippen LogP contribution in [0.3, 0.4) is 0 Å². The Morgan fingerprint density at radius 2 is 1.95 bits per heavy atom. The van der Waals surface area contributed by atoms with Crippen LogP contribution in [0.15, 0.2) is 17.5 Å². The molecule has 0 spiro atoms. The van der Waals surface area contributed by atoms with Gasteiger partial charge < -0.3 is 9.47 Å². The molecule has 0 N–H and O–H groups in total. The van der Waals surface area contributed by atoms with Gasteiger partial charge in [0.05, 0.1) is 31.0 Å². The van der Waals surface area contributed by atoms with E-state index in [0.29, 0.717) is 17.5 Å². The monoisotopic (exact) mass is 314 g/mol. The number of benzene rings is 1. The number of hydrogen-bond donors (Lipinski definition) is 0. The lowest BCUT2D eigenvalue weighted by Gasteiger charge is -2.11. The van der Waals surface area contributed by atoms with Crippen LogP contribution in [0.25, 0.3) is 21.5 Å². The van der Waals surface area contributed by atoms with E-state index in [1.807, 2.05) is 12.1 Å². The molecule has 0 amide bonds. The van der Waals surface area contributed by atoms with Gasteiger partial charge in [0.1, 0.15) is 16.1 Å². The third kappa shape index (κ3) is 2.39. The number of ether oxygens (including phenoxy) is 2. The van der Waals surface area contributed by atoms with Gasteiger partial charge in [-0.05, 0) is 18.1 Å². The van der Waals surface area contributed by atoms with Crippen molar-refractivity contribution in [2.75, 3.05) is 14.2 Å². The summed E-state index contributed by atoms with van der Waals surface area (Å²) < 4.78 is 10.9. The fraction of sp³-hybridized carbons (Fsp3) is 0.312. The fourth-order valence-corrected chi connectivity index (χ4v) is 3.26. The molecular weight excluding hydrogens is 298 g/mol. The van der Waals surface area contributed by atoms with Crippen LogP contribution in [0.1, 0.15) is 25.5 Å². The molecule has 0 bridgehead atoms. The van der Waals surface area contributed by atoms with Crippen molar-refractivity contribution in [2.45, 2.75) is 19.8 Å². The first-order valence-electron chi connectivity index (χ1n) is 6.90. The van der Waals surface area contributed by atoms with E-state index in [1.165, 1.54) is 0 Å². The summed E-state index contributed by atoms with van der Waals surface area (Å²) in [5, 5.41) is 3.73. The molecule has 22 heavy (non-hydrogen) atoms. The van der Waals surface area contributed by atoms with Gasteiger partial charge in [0, 0.05) is 5.38 Å². The molecule has 0 aliphatic heterocycles. The van der Waals surface area contributed by atoms with E-state index in [2.05, 4.69) is 35.5 Å². The largest absolute Gasteiger partial charge is 0.495 e. The summed E-state index contributed by atoms with van der Waals surface area (Å²) in [4.78, 5) is 12.9. The molecule has 1 radical (unpaired) electrons. The molecule has 6 heteroatoms. The molecule has 0 unspecified atom stereocenters. The average molecular weight is 314 g/mol. The van der Waals surface area contributed by atoms with Gasteiger partial charge >= 0.3 is 0 Å². The highest BCUT2D eigenvalue weighted by molar-refractivity contribution is 7.13. The Hall–Kier alpha value is -2.21. The molecule has 0 aliphatic rings. The number of rotatable bonds is 4. The minimum atomic E-state index is 0.393. The van der Waals surface area contributed by atoms with E-state index in [1.54, 1.807) is 25.6 Å². The predicted octanol–water partition coefficient (Wildman–Crippen LogP) is 3.69. The van der Waals surface area contributed by atoms with Gasteiger partial charge in [-0.25, -0.2) is 9.97 Å². The van der Waals surface area contributed by atoms with Crippen LogP contribution < -0.4 is 9.47 Å². The number of aromatic nitrogens is 3. The number of thiazole rings is 1. The molecule has 2 heterocycles. The highest BCUT2D eigenvalue weighted by atomic mass is 32.1. The molecule has 0 atom stereocenters. The number of nitrogens with zero attached hydrogens (tertiary/aromatic N) is 3. The topological polar surface area (TPSA) is 57.1 Å². The first-order valence-corrected chi connectivity index (χ1v) is 7.78. The van der Waals surface area contributed by atoms with Crippen LogP contribution in [0.5, 0.6) is 11.6 Å². The summed E-state index contributed by atoms with van der Waals surface area (Å²) in [5.41, 5.74) is 2.72. The summed E-state index contributed by atoms with van der Waals surface area (Å²) >= 11 is 1.60. The lowest BCUT2D eigenvalue weighted by atomic mass is 10.1. The van der Waals surface area contributed by atoms with E-state index in [0.717, 1.165) is 27.2 Å². The van der Waals surface area contributed by atoms with Crippen molar-refractivity contribution in [1.82, 2.24) is 15.0 Å². The third-order valence-corrected chi connectivity index (χ3v) is 4.31. The smallest absolute Gasteiger partial charge is 0.228 e. The number of hydrogen-bond acceptors (Lipinski definition) is 6. The quantitative estimate of drug-likeness (QED) is 0.735. The molecule has 3 aromatic rings. The van der Waals surface area contributed by atoms with E-state index < -0.39 is 0 Å². The molecule has 113 valence electrons. The highest BCUT2D eigenvalue weighted by Gasteiger charge is 2.18. The van der Waals surface area contributed by atoms with Crippen LogP contribution in [0.2, 0.25) is 0 Å². The maximum atomic E-state index is 5.62. The van der Waals surface area contributed by atoms with E-state index in [-0.39, 0.29) is 0 Å². The molecule has 0 aliphatic carbocycles. The number of methoxy groups -OCH3 is 2. The summed E-state index contributed by atoms with van der Waals surface area (Å²) in [7, 11) is 3.20. The van der Waals surface area contributed by atoms with Gasteiger partial charge in [-0.1, -0.05) is 13.8 Å². The van der Waals surface area contributed by atoms with Crippen molar-refractivity contribution in [3.63, 3.8) is 0 Å². The van der Waals surface area contributed by atoms with E-state index >= 15 is 0 Å². The maximum absolute atomic E-state index is 5.62. The lowest BCUT2D eigenvalue weighted by molar-refractivity contribution is 0.393. The zero-order valence-electron chi connectivity index (χ0n) is 12.9. The molecule has 1 aromatic carbocycles. The molecular formula is C16H16N3O2S. The van der Waals surface area contributed by atoms with Crippen LogP contribution in [0.4, 0.5) is 0 Å². The van der Waals surface area contributed by atoms with Gasteiger partial charge in [-0.15, -0.1) is 11.3 Å². The Morgan fingerprint density at radius 1 is 1.14 bits per heavy atom. The Bertz CT molecular complexity index is 814. The average Bonchev–Trinajstić information content (AvgIpc) is 3.03. The van der Waals surface area contributed by atoms with Crippen LogP contribution in [-0.4, -0.2) is 29.2 Å². The molecule has 3 rings (SSSR count). The van der Waals surface area contributed by atoms with Crippen LogP contribution in [-0.2, 0) is 0 Å². The first-order chi connectivity index (χ1) is 10.7. The fourth-order valence-electron chi connectivity index (χ4n) is 2.26. The third-order valence-electron chi connectivity index (χ3n) is 3.41. The zero-order chi connectivity index (χ0) is 15.7. The SMILES string of the molecule is COc1n[c]nc2ccc(-c3nc(C(C)C)cs3)c(OC)c12. The molecule has 0 saturated carbocycles. The lowest BCUT2D eigenvalue weighted by Crippen LogP contribution is -1.96. The van der Waals surface area contributed by atoms with Gasteiger partial charge in [0.25, 0.3) is 0 Å². The Balaban J connectivity index is 2.25. The summed E-state index contributed by atoms with van der Waals surface area (Å²) in [6.45, 7) is 4.26. The van der Waals surface area contributed by atoms with Gasteiger partial charge in [0.15, 0.2) is 0 Å². The van der Waals surface area contributed by atoms with Crippen molar-refractivity contribution in [3.05, 3.63) is 29.5 Å². The summed E-state index contributed by atoms with van der Waals surface area (Å²) in [6.07, 6.45) is 2.59. The Labute approximate surface area is 133 Å². The van der Waals surface area contributed by atoms with Gasteiger partial charge in [-0.3, -0.25) is 0 Å². The summed E-state index contributed by atoms with van der Waals surface area (Å²) in [5.74, 6) is 1.52. The van der Waals surface area contributed by atoms with Crippen molar-refractivity contribution in [1.29, 1.82) is 0 Å². The van der Waals surface area contributed by atoms with Gasteiger partial charge in [-0.2, -0.15) is 4.98 Å². The second-order valence-corrected chi connectivity index (χ2v) is 5.96. The minimum absolute atomic E-state index is 0.393. The molecule has 0 saturated heterocycles. The van der Waals surface area contributed by atoms with Crippen LogP contribution >= 0.6 is 11.3 Å². The molecule has 0 fully saturated rings. The summed E-state index contributed by atoms with van der Waals surface area (Å²) in [6, 6.07) is 3.87. The van der Waals surface area contributed by atoms with Crippen molar-refractivity contribution in [2.24, 2.45) is 0 Å². The normalized spacial score (nSPS) is 11.1. The molecule has 2 aromatic heterocycles. The van der Waals surface area contributed by atoms with E-state index in [4.69, 9.17) is 14.5 Å². The van der Waals surface area contributed by atoms with Crippen molar-refractivity contribution in [3.8, 4) is 22.2 Å². The standard InChI is InChI=1S/C16H16N3O2S/c1-9(2)12-7-22-16(19-12)10-5-6-11-13(14(10)20-3)15(21-4)18-8-17-11/h5-7,9H,1-4H3. The van der Waals surface area contributed by atoms with E-state index in [9.17, 15) is 0 Å².